The molecule has 1 aromatic heterocycles. The summed E-state index contributed by atoms with van der Waals surface area (Å²) in [5, 5.41) is 0.633. The number of rotatable bonds is 8. The van der Waals surface area contributed by atoms with Crippen LogP contribution in [0, 0.1) is 13.8 Å². The van der Waals surface area contributed by atoms with Gasteiger partial charge in [0, 0.05) is 29.1 Å². The van der Waals surface area contributed by atoms with Gasteiger partial charge in [0.15, 0.2) is 6.61 Å². The molecule has 1 atom stereocenters. The molecule has 30 heavy (non-hydrogen) atoms. The summed E-state index contributed by atoms with van der Waals surface area (Å²) in [5.41, 5.74) is 2.67. The smallest absolute Gasteiger partial charge is 0.317 e. The fraction of sp³-hybridized carbons (Fsp3) is 0.500. The van der Waals surface area contributed by atoms with Gasteiger partial charge in [-0.15, -0.1) is 0 Å². The number of carbonyl (C=O) groups excluding carboxylic acids is 2. The van der Waals surface area contributed by atoms with E-state index < -0.39 is 5.41 Å². The Balaban J connectivity index is 1.74. The van der Waals surface area contributed by atoms with E-state index in [1.807, 2.05) is 39.0 Å². The zero-order chi connectivity index (χ0) is 21.9. The Hall–Kier alpha value is -2.11. The van der Waals surface area contributed by atoms with Gasteiger partial charge < -0.3 is 14.0 Å². The quantitative estimate of drug-likeness (QED) is 0.425. The van der Waals surface area contributed by atoms with Gasteiger partial charge in [-0.05, 0) is 57.4 Å². The molecule has 0 aliphatic heterocycles. The van der Waals surface area contributed by atoms with Crippen LogP contribution in [0.2, 0.25) is 5.02 Å². The number of esters is 1. The molecule has 0 bridgehead atoms. The summed E-state index contributed by atoms with van der Waals surface area (Å²) in [7, 11) is 1.66. The molecule has 3 rings (SSSR count). The second-order valence-corrected chi connectivity index (χ2v) is 8.69. The van der Waals surface area contributed by atoms with Gasteiger partial charge in [0.25, 0.3) is 0 Å². The average Bonchev–Trinajstić information content (AvgIpc) is 3.32. The van der Waals surface area contributed by atoms with Crippen LogP contribution in [0.25, 0.3) is 0 Å². The van der Waals surface area contributed by atoms with Crippen molar-refractivity contribution in [2.45, 2.75) is 57.9 Å². The molecule has 0 radical (unpaired) electrons. The number of hydrogen-bond donors (Lipinski definition) is 0. The summed E-state index contributed by atoms with van der Waals surface area (Å²) < 4.78 is 12.9. The number of aryl methyl sites for hydroxylation is 1. The van der Waals surface area contributed by atoms with Crippen LogP contribution in [-0.2, 0) is 19.7 Å². The van der Waals surface area contributed by atoms with Crippen LogP contribution >= 0.6 is 11.6 Å². The molecule has 1 fully saturated rings. The van der Waals surface area contributed by atoms with E-state index in [1.165, 1.54) is 0 Å². The number of benzene rings is 1. The van der Waals surface area contributed by atoms with E-state index in [-0.39, 0.29) is 24.4 Å². The number of methoxy groups -OCH3 is 1. The van der Waals surface area contributed by atoms with Crippen LogP contribution < -0.4 is 0 Å². The fourth-order valence-corrected chi connectivity index (χ4v) is 4.88. The van der Waals surface area contributed by atoms with E-state index in [2.05, 4.69) is 4.57 Å². The van der Waals surface area contributed by atoms with E-state index in [9.17, 15) is 9.59 Å². The average molecular weight is 432 g/mol. The van der Waals surface area contributed by atoms with Gasteiger partial charge in [-0.25, -0.2) is 0 Å². The van der Waals surface area contributed by atoms with Crippen molar-refractivity contribution in [1.82, 2.24) is 4.57 Å². The SMILES string of the molecule is COCC(C)n1c(C)cc(C(=O)COC(=O)C2(c3ccc(Cl)cc3)CCCC2)c1C. The van der Waals surface area contributed by atoms with Crippen LogP contribution in [0.5, 0.6) is 0 Å². The molecule has 162 valence electrons. The molecule has 1 aliphatic carbocycles. The van der Waals surface area contributed by atoms with Gasteiger partial charge in [0.2, 0.25) is 5.78 Å². The second-order valence-electron chi connectivity index (χ2n) is 8.25. The molecule has 1 saturated carbocycles. The van der Waals surface area contributed by atoms with E-state index in [4.69, 9.17) is 21.1 Å². The second kappa shape index (κ2) is 9.36. The van der Waals surface area contributed by atoms with Gasteiger partial charge in [-0.2, -0.15) is 0 Å². The predicted molar refractivity (Wildman–Crippen MR) is 117 cm³/mol. The maximum Gasteiger partial charge on any atom is 0.317 e. The zero-order valence-corrected chi connectivity index (χ0v) is 18.9. The van der Waals surface area contributed by atoms with Gasteiger partial charge in [0.1, 0.15) is 0 Å². The van der Waals surface area contributed by atoms with Gasteiger partial charge in [-0.3, -0.25) is 9.59 Å². The van der Waals surface area contributed by atoms with Crippen LogP contribution in [0.1, 0.15) is 66.0 Å². The number of ether oxygens (including phenoxy) is 2. The maximum atomic E-state index is 13.1. The largest absolute Gasteiger partial charge is 0.457 e. The number of nitrogens with zero attached hydrogens (tertiary/aromatic N) is 1. The third-order valence-electron chi connectivity index (χ3n) is 6.21. The minimum Gasteiger partial charge on any atom is -0.457 e. The molecular weight excluding hydrogens is 402 g/mol. The Morgan fingerprint density at radius 1 is 1.17 bits per heavy atom. The third-order valence-corrected chi connectivity index (χ3v) is 6.46. The molecule has 0 N–H and O–H groups in total. The van der Waals surface area contributed by atoms with Crippen LogP contribution in [0.3, 0.4) is 0 Å². The molecule has 1 aromatic carbocycles. The minimum absolute atomic E-state index is 0.116. The number of aromatic nitrogens is 1. The summed E-state index contributed by atoms with van der Waals surface area (Å²) in [4.78, 5) is 26.0. The molecule has 1 unspecified atom stereocenters. The number of carbonyl (C=O) groups is 2. The molecule has 5 nitrogen and oxygen atoms in total. The molecule has 0 spiro atoms. The number of ketones is 1. The number of halogens is 1. The highest BCUT2D eigenvalue weighted by molar-refractivity contribution is 6.30. The van der Waals surface area contributed by atoms with Crippen LogP contribution in [0.4, 0.5) is 0 Å². The normalized spacial score (nSPS) is 16.4. The highest BCUT2D eigenvalue weighted by Crippen LogP contribution is 2.42. The van der Waals surface area contributed by atoms with Crippen LogP contribution in [0.15, 0.2) is 30.3 Å². The first-order valence-electron chi connectivity index (χ1n) is 10.4. The first-order chi connectivity index (χ1) is 14.3. The van der Waals surface area contributed by atoms with Gasteiger partial charge in [0.05, 0.1) is 18.1 Å². The molecule has 6 heteroatoms. The molecule has 1 heterocycles. The summed E-state index contributed by atoms with van der Waals surface area (Å²) >= 11 is 6.01. The molecular formula is C24H30ClNO4. The monoisotopic (exact) mass is 431 g/mol. The third kappa shape index (κ3) is 4.33. The first-order valence-corrected chi connectivity index (χ1v) is 10.8. The lowest BCUT2D eigenvalue weighted by Gasteiger charge is -2.27. The summed E-state index contributed by atoms with van der Waals surface area (Å²) in [5.74, 6) is -0.506. The summed E-state index contributed by atoms with van der Waals surface area (Å²) in [6.07, 6.45) is 3.38. The minimum atomic E-state index is -0.686. The van der Waals surface area contributed by atoms with Crippen molar-refractivity contribution in [2.24, 2.45) is 0 Å². The first kappa shape index (κ1) is 22.6. The Bertz CT molecular complexity index is 910. The van der Waals surface area contributed by atoms with Crippen molar-refractivity contribution in [3.63, 3.8) is 0 Å². The highest BCUT2D eigenvalue weighted by atomic mass is 35.5. The van der Waals surface area contributed by atoms with Gasteiger partial charge >= 0.3 is 5.97 Å². The van der Waals surface area contributed by atoms with Crippen molar-refractivity contribution in [3.05, 3.63) is 57.9 Å². The van der Waals surface area contributed by atoms with Gasteiger partial charge in [-0.1, -0.05) is 36.6 Å². The Kier molecular flexibility index (Phi) is 7.04. The summed E-state index contributed by atoms with van der Waals surface area (Å²) in [6.45, 7) is 6.24. The lowest BCUT2D eigenvalue weighted by atomic mass is 9.79. The maximum absolute atomic E-state index is 13.1. The molecule has 2 aromatic rings. The predicted octanol–water partition coefficient (Wildman–Crippen LogP) is 5.20. The number of Topliss-reactive ketones (excluding diaryl/α,β-unsaturated/α-hetero) is 1. The molecule has 0 saturated heterocycles. The van der Waals surface area contributed by atoms with Crippen molar-refractivity contribution in [2.75, 3.05) is 20.3 Å². The summed E-state index contributed by atoms with van der Waals surface area (Å²) in [6, 6.07) is 9.35. The van der Waals surface area contributed by atoms with E-state index >= 15 is 0 Å². The topological polar surface area (TPSA) is 57.5 Å². The van der Waals surface area contributed by atoms with E-state index in [0.717, 1.165) is 42.6 Å². The van der Waals surface area contributed by atoms with Crippen molar-refractivity contribution in [3.8, 4) is 0 Å². The van der Waals surface area contributed by atoms with Crippen molar-refractivity contribution >= 4 is 23.4 Å². The zero-order valence-electron chi connectivity index (χ0n) is 18.2. The number of hydrogen-bond acceptors (Lipinski definition) is 4. The lowest BCUT2D eigenvalue weighted by Crippen LogP contribution is -2.35. The highest BCUT2D eigenvalue weighted by Gasteiger charge is 2.44. The lowest BCUT2D eigenvalue weighted by molar-refractivity contribution is -0.149. The molecule has 1 aliphatic rings. The van der Waals surface area contributed by atoms with E-state index in [1.54, 1.807) is 19.2 Å². The van der Waals surface area contributed by atoms with Crippen molar-refractivity contribution in [1.29, 1.82) is 0 Å². The Morgan fingerprint density at radius 3 is 2.40 bits per heavy atom. The standard InChI is InChI=1S/C24H30ClNO4/c1-16-13-21(18(3)26(16)17(2)14-29-4)22(27)15-30-23(28)24(11-5-6-12-24)19-7-9-20(25)10-8-19/h7-10,13,17H,5-6,11-12,14-15H2,1-4H3. The van der Waals surface area contributed by atoms with E-state index in [0.29, 0.717) is 17.2 Å². The Morgan fingerprint density at radius 2 is 1.80 bits per heavy atom. The fourth-order valence-electron chi connectivity index (χ4n) is 4.76. The Labute approximate surface area is 183 Å². The van der Waals surface area contributed by atoms with Crippen LogP contribution in [-0.4, -0.2) is 36.6 Å². The van der Waals surface area contributed by atoms with Crippen molar-refractivity contribution < 1.29 is 19.1 Å². The molecule has 0 amide bonds.